The lowest BCUT2D eigenvalue weighted by Gasteiger charge is -2.42. The third-order valence-electron chi connectivity index (χ3n) is 14.7. The third-order valence-corrected chi connectivity index (χ3v) is 14.7. The van der Waals surface area contributed by atoms with Gasteiger partial charge in [-0.2, -0.15) is 0 Å². The highest BCUT2D eigenvalue weighted by Gasteiger charge is 2.38. The van der Waals surface area contributed by atoms with Gasteiger partial charge in [0.15, 0.2) is 0 Å². The molecule has 2 aliphatic carbocycles. The lowest BCUT2D eigenvalue weighted by Crippen LogP contribution is -2.36. The lowest BCUT2D eigenvalue weighted by atomic mass is 9.76. The van der Waals surface area contributed by atoms with Gasteiger partial charge in [0.2, 0.25) is 0 Å². The summed E-state index contributed by atoms with van der Waals surface area (Å²) in [5.74, 6) is 0.710. The van der Waals surface area contributed by atoms with Crippen LogP contribution in [0.25, 0.3) is 22.0 Å². The summed E-state index contributed by atoms with van der Waals surface area (Å²) in [6.45, 7) is 8.39. The van der Waals surface area contributed by atoms with Crippen LogP contribution in [0.5, 0.6) is 23.0 Å². The molecule has 10 aromatic rings. The van der Waals surface area contributed by atoms with Crippen LogP contribution in [-0.2, 0) is 6.42 Å². The summed E-state index contributed by atoms with van der Waals surface area (Å²) in [6, 6.07) is 70.6. The maximum atomic E-state index is 10.7. The molecule has 0 bridgehead atoms. The molecule has 2 aliphatic rings. The van der Waals surface area contributed by atoms with E-state index in [1.54, 1.807) is 48.5 Å². The van der Waals surface area contributed by atoms with Crippen LogP contribution in [0.2, 0.25) is 0 Å². The zero-order chi connectivity index (χ0) is 52.2. The Labute approximate surface area is 443 Å². The number of hydrogen-bond donors (Lipinski definition) is 4. The van der Waals surface area contributed by atoms with Gasteiger partial charge in [-0.05, 0) is 214 Å². The fourth-order valence-electron chi connectivity index (χ4n) is 10.9. The number of aromatic hydroxyl groups is 4. The second-order valence-corrected chi connectivity index (χ2v) is 19.9. The topological polar surface area (TPSA) is 93.9 Å². The number of nitrogens with zero attached hydrogens (tertiary/aromatic N) is 4. The van der Waals surface area contributed by atoms with E-state index >= 15 is 0 Å². The average molecular weight is 993 g/mol. The summed E-state index contributed by atoms with van der Waals surface area (Å²) in [5.41, 5.74) is 19.1. The van der Waals surface area contributed by atoms with Crippen LogP contribution in [0.4, 0.5) is 56.9 Å². The van der Waals surface area contributed by atoms with Crippen LogP contribution in [0.3, 0.4) is 0 Å². The number of anilines is 10. The first kappa shape index (κ1) is 47.4. The normalized spacial score (nSPS) is 13.4. The van der Waals surface area contributed by atoms with E-state index < -0.39 is 0 Å². The molecule has 10 aromatic carbocycles. The maximum absolute atomic E-state index is 10.7. The van der Waals surface area contributed by atoms with Gasteiger partial charge in [-0.25, -0.2) is 0 Å². The van der Waals surface area contributed by atoms with Gasteiger partial charge in [-0.1, -0.05) is 89.0 Å². The highest BCUT2D eigenvalue weighted by atomic mass is 16.3. The minimum Gasteiger partial charge on any atom is -0.508 e. The number of phenols is 4. The molecule has 0 spiro atoms. The zero-order valence-electron chi connectivity index (χ0n) is 42.7. The van der Waals surface area contributed by atoms with Crippen molar-refractivity contribution >= 4 is 78.9 Å². The van der Waals surface area contributed by atoms with Gasteiger partial charge in [0.1, 0.15) is 23.0 Å². The van der Waals surface area contributed by atoms with Crippen LogP contribution >= 0.6 is 0 Å². The number of phenolic OH excluding ortho intramolecular Hbond substituents is 4. The number of allylic oxidation sites excluding steroid dienone is 1. The Hall–Kier alpha value is -9.66. The third kappa shape index (κ3) is 8.69. The van der Waals surface area contributed by atoms with E-state index in [0.29, 0.717) is 6.42 Å². The Balaban J connectivity index is 1.23. The Morgan fingerprint density at radius 1 is 0.368 bits per heavy atom. The first-order valence-corrected chi connectivity index (χ1v) is 25.6. The lowest BCUT2D eigenvalue weighted by molar-refractivity contribution is 0.475. The van der Waals surface area contributed by atoms with Crippen LogP contribution in [0.15, 0.2) is 224 Å². The van der Waals surface area contributed by atoms with Crippen LogP contribution in [0.1, 0.15) is 38.9 Å². The molecule has 8 heteroatoms. The van der Waals surface area contributed by atoms with E-state index in [2.05, 4.69) is 175 Å². The molecule has 8 nitrogen and oxygen atoms in total. The Kier molecular flexibility index (Phi) is 12.0. The number of benzene rings is 10. The number of hydrogen-bond acceptors (Lipinski definition) is 8. The summed E-state index contributed by atoms with van der Waals surface area (Å²) >= 11 is 0. The van der Waals surface area contributed by atoms with E-state index in [1.807, 2.05) is 48.5 Å². The molecule has 1 atom stereocenters. The second kappa shape index (κ2) is 19.3. The van der Waals surface area contributed by atoms with Crippen molar-refractivity contribution in [1.82, 2.24) is 0 Å². The highest BCUT2D eigenvalue weighted by molar-refractivity contribution is 6.15. The summed E-state index contributed by atoms with van der Waals surface area (Å²) in [6.07, 6.45) is 5.36. The minimum atomic E-state index is -0.388. The van der Waals surface area contributed by atoms with Crippen molar-refractivity contribution < 1.29 is 20.4 Å². The van der Waals surface area contributed by atoms with Crippen molar-refractivity contribution in [3.05, 3.63) is 263 Å². The molecule has 4 N–H and O–H groups in total. The minimum absolute atomic E-state index is 0.175. The number of aryl methyl sites for hydroxylation is 4. The summed E-state index contributed by atoms with van der Waals surface area (Å²) < 4.78 is 0. The predicted molar refractivity (Wildman–Crippen MR) is 312 cm³/mol. The predicted octanol–water partition coefficient (Wildman–Crippen LogP) is 17.2. The van der Waals surface area contributed by atoms with Gasteiger partial charge < -0.3 is 40.0 Å². The summed E-state index contributed by atoms with van der Waals surface area (Å²) in [7, 11) is 0. The molecule has 76 heavy (non-hydrogen) atoms. The van der Waals surface area contributed by atoms with Crippen molar-refractivity contribution in [3.8, 4) is 23.0 Å². The van der Waals surface area contributed by atoms with E-state index in [0.717, 1.165) is 118 Å². The van der Waals surface area contributed by atoms with Crippen molar-refractivity contribution in [2.45, 2.75) is 40.2 Å². The summed E-state index contributed by atoms with van der Waals surface area (Å²) in [5, 5.41) is 45.1. The van der Waals surface area contributed by atoms with Gasteiger partial charge in [0.05, 0.1) is 23.1 Å². The van der Waals surface area contributed by atoms with Gasteiger partial charge in [0, 0.05) is 56.4 Å². The van der Waals surface area contributed by atoms with Crippen molar-refractivity contribution in [1.29, 1.82) is 0 Å². The molecule has 0 heterocycles. The molecule has 0 aliphatic heterocycles. The zero-order valence-corrected chi connectivity index (χ0v) is 42.7. The fraction of sp³-hybridized carbons (Fsp3) is 0.0882. The van der Waals surface area contributed by atoms with Crippen LogP contribution in [-0.4, -0.2) is 26.5 Å². The second-order valence-electron chi connectivity index (χ2n) is 19.9. The molecule has 372 valence electrons. The molecule has 0 fully saturated rings. The molecular formula is C68H56N4O4. The maximum Gasteiger partial charge on any atom is 0.115 e. The smallest absolute Gasteiger partial charge is 0.115 e. The Morgan fingerprint density at radius 3 is 1.12 bits per heavy atom. The van der Waals surface area contributed by atoms with E-state index in [4.69, 9.17) is 0 Å². The standard InChI is InChI=1S/C68H56N4O4/c1-43-5-13-47(14-6-43)69(51-21-29-55(73)30-22-51)63-41-64(70(48-15-7-44(2)8-16-48)52-23-31-56(74)32-24-52)60-39-40-62-66(72(50-19-11-46(4)12-20-50)54-27-35-58(76)36-28-54)42-65(61-38-37-59(63)67(60)68(61)62)71(49-17-9-45(3)10-18-49)53-25-33-57(75)34-26-53/h5-39,41-42,64,73-76H,40H2,1-4H3. The molecule has 0 amide bonds. The Bertz CT molecular complexity index is 3650. The van der Waals surface area contributed by atoms with Gasteiger partial charge >= 0.3 is 0 Å². The van der Waals surface area contributed by atoms with Crippen molar-refractivity contribution in [3.63, 3.8) is 0 Å². The monoisotopic (exact) mass is 992 g/mol. The quantitative estimate of drug-likeness (QED) is 0.0962. The molecule has 12 rings (SSSR count). The van der Waals surface area contributed by atoms with Gasteiger partial charge in [0.25, 0.3) is 0 Å². The molecule has 0 aromatic heterocycles. The average Bonchev–Trinajstić information content (AvgIpc) is 3.44. The molecule has 0 saturated heterocycles. The molecule has 0 radical (unpaired) electrons. The SMILES string of the molecule is Cc1ccc(N(C2=CC(N(c3ccc(C)cc3)c3ccc(O)cc3)C3=CCc4c(N(c5ccc(C)cc5)c5ccc(O)cc5)cc(N(c5ccc(C)cc5)c5ccc(O)cc5)c5ccc2c3c45)c2ccc(O)cc2)cc1. The first-order valence-electron chi connectivity index (χ1n) is 25.6. The van der Waals surface area contributed by atoms with E-state index in [9.17, 15) is 20.4 Å². The van der Waals surface area contributed by atoms with E-state index in [-0.39, 0.29) is 29.0 Å². The molecular weight excluding hydrogens is 937 g/mol. The first-order chi connectivity index (χ1) is 36.9. The Morgan fingerprint density at radius 2 is 0.711 bits per heavy atom. The van der Waals surface area contributed by atoms with E-state index in [1.165, 1.54) is 0 Å². The van der Waals surface area contributed by atoms with Crippen LogP contribution < -0.4 is 19.6 Å². The highest BCUT2D eigenvalue weighted by Crippen LogP contribution is 2.55. The van der Waals surface area contributed by atoms with Crippen molar-refractivity contribution in [2.75, 3.05) is 19.6 Å². The van der Waals surface area contributed by atoms with Crippen molar-refractivity contribution in [2.24, 2.45) is 0 Å². The largest absolute Gasteiger partial charge is 0.508 e. The fourth-order valence-corrected chi connectivity index (χ4v) is 10.9. The summed E-state index contributed by atoms with van der Waals surface area (Å²) in [4.78, 5) is 9.27. The van der Waals surface area contributed by atoms with Gasteiger partial charge in [-0.15, -0.1) is 0 Å². The van der Waals surface area contributed by atoms with Crippen LogP contribution in [0, 0.1) is 27.7 Å². The van der Waals surface area contributed by atoms with Gasteiger partial charge in [-0.3, -0.25) is 0 Å². The molecule has 0 saturated carbocycles. The number of rotatable bonds is 12. The molecule has 1 unspecified atom stereocenters.